The Balaban J connectivity index is 3.24. The van der Waals surface area contributed by atoms with E-state index >= 15 is 0 Å². The van der Waals surface area contributed by atoms with E-state index in [0.29, 0.717) is 10.6 Å². The fourth-order valence-electron chi connectivity index (χ4n) is 1.58. The first-order valence-corrected chi connectivity index (χ1v) is 7.49. The summed E-state index contributed by atoms with van der Waals surface area (Å²) in [4.78, 5) is 0.168. The first-order valence-electron chi connectivity index (χ1n) is 5.67. The van der Waals surface area contributed by atoms with Gasteiger partial charge in [0.25, 0.3) is 0 Å². The van der Waals surface area contributed by atoms with Crippen molar-refractivity contribution in [2.45, 2.75) is 11.4 Å². The molecule has 1 aromatic carbocycles. The third kappa shape index (κ3) is 3.67. The van der Waals surface area contributed by atoms with Crippen molar-refractivity contribution < 1.29 is 8.42 Å². The van der Waals surface area contributed by atoms with Gasteiger partial charge in [-0.2, -0.15) is 4.31 Å². The van der Waals surface area contributed by atoms with Crippen molar-refractivity contribution in [3.63, 3.8) is 0 Å². The van der Waals surface area contributed by atoms with Gasteiger partial charge in [-0.15, -0.1) is 13.2 Å². The van der Waals surface area contributed by atoms with Gasteiger partial charge >= 0.3 is 0 Å². The maximum absolute atomic E-state index is 12.4. The van der Waals surface area contributed by atoms with Gasteiger partial charge in [-0.3, -0.25) is 0 Å². The number of hydrogen-bond acceptors (Lipinski definition) is 3. The van der Waals surface area contributed by atoms with Gasteiger partial charge in [0, 0.05) is 24.7 Å². The zero-order valence-electron chi connectivity index (χ0n) is 10.5. The standard InChI is InChI=1S/C13H17ClN2O2S/c1-3-7-16(8-4-2)19(17,18)12-5-6-13(14)11(9-12)10-15/h3-6,9H,1-2,7-8,10,15H2. The Bertz CT molecular complexity index is 560. The molecule has 2 N–H and O–H groups in total. The summed E-state index contributed by atoms with van der Waals surface area (Å²) >= 11 is 5.93. The quantitative estimate of drug-likeness (QED) is 0.785. The Morgan fingerprint density at radius 3 is 2.32 bits per heavy atom. The molecule has 0 unspecified atom stereocenters. The van der Waals surface area contributed by atoms with Gasteiger partial charge in [0.2, 0.25) is 10.0 Å². The Hall–Kier alpha value is -1.14. The first kappa shape index (κ1) is 15.9. The molecule has 0 radical (unpaired) electrons. The zero-order chi connectivity index (χ0) is 14.5. The predicted octanol–water partition coefficient (Wildman–Crippen LogP) is 2.16. The van der Waals surface area contributed by atoms with Gasteiger partial charge in [0.05, 0.1) is 4.90 Å². The largest absolute Gasteiger partial charge is 0.326 e. The Kier molecular flexibility index (Phi) is 5.75. The van der Waals surface area contributed by atoms with E-state index in [9.17, 15) is 8.42 Å². The highest BCUT2D eigenvalue weighted by atomic mass is 35.5. The molecule has 4 nitrogen and oxygen atoms in total. The molecule has 1 aromatic rings. The zero-order valence-corrected chi connectivity index (χ0v) is 12.1. The minimum Gasteiger partial charge on any atom is -0.326 e. The normalized spacial score (nSPS) is 11.5. The number of halogens is 1. The predicted molar refractivity (Wildman–Crippen MR) is 78.5 cm³/mol. The van der Waals surface area contributed by atoms with E-state index in [0.717, 1.165) is 0 Å². The fourth-order valence-corrected chi connectivity index (χ4v) is 3.20. The molecule has 0 amide bonds. The molecule has 19 heavy (non-hydrogen) atoms. The highest BCUT2D eigenvalue weighted by Crippen LogP contribution is 2.22. The van der Waals surface area contributed by atoms with E-state index in [4.69, 9.17) is 17.3 Å². The second-order valence-electron chi connectivity index (χ2n) is 3.86. The lowest BCUT2D eigenvalue weighted by Gasteiger charge is -2.19. The Morgan fingerprint density at radius 2 is 1.84 bits per heavy atom. The Morgan fingerprint density at radius 1 is 1.26 bits per heavy atom. The molecule has 0 aliphatic heterocycles. The second-order valence-corrected chi connectivity index (χ2v) is 6.20. The maximum Gasteiger partial charge on any atom is 0.243 e. The molecule has 0 spiro atoms. The number of benzene rings is 1. The first-order chi connectivity index (χ1) is 8.97. The minimum atomic E-state index is -3.60. The number of sulfonamides is 1. The third-order valence-corrected chi connectivity index (χ3v) is 4.74. The van der Waals surface area contributed by atoms with Crippen molar-refractivity contribution in [2.24, 2.45) is 5.73 Å². The number of nitrogens with two attached hydrogens (primary N) is 1. The van der Waals surface area contributed by atoms with Crippen LogP contribution >= 0.6 is 11.6 Å². The van der Waals surface area contributed by atoms with Gasteiger partial charge in [-0.05, 0) is 23.8 Å². The number of hydrogen-bond donors (Lipinski definition) is 1. The van der Waals surface area contributed by atoms with E-state index in [1.54, 1.807) is 0 Å². The molecule has 104 valence electrons. The second kappa shape index (κ2) is 6.86. The molecular formula is C13H17ClN2O2S. The SMILES string of the molecule is C=CCN(CC=C)S(=O)(=O)c1ccc(Cl)c(CN)c1. The van der Waals surface area contributed by atoms with Crippen LogP contribution in [0.1, 0.15) is 5.56 Å². The molecule has 0 atom stereocenters. The lowest BCUT2D eigenvalue weighted by Crippen LogP contribution is -2.31. The van der Waals surface area contributed by atoms with Crippen molar-refractivity contribution in [1.82, 2.24) is 4.31 Å². The van der Waals surface area contributed by atoms with Gasteiger partial charge < -0.3 is 5.73 Å². The summed E-state index contributed by atoms with van der Waals surface area (Å²) in [7, 11) is -3.60. The molecule has 0 saturated carbocycles. The van der Waals surface area contributed by atoms with Crippen LogP contribution in [0, 0.1) is 0 Å². The van der Waals surface area contributed by atoms with E-state index in [-0.39, 0.29) is 24.5 Å². The lowest BCUT2D eigenvalue weighted by molar-refractivity contribution is 0.474. The summed E-state index contributed by atoms with van der Waals surface area (Å²) in [5.74, 6) is 0. The van der Waals surface area contributed by atoms with Crippen LogP contribution in [0.5, 0.6) is 0 Å². The topological polar surface area (TPSA) is 63.4 Å². The molecule has 6 heteroatoms. The van der Waals surface area contributed by atoms with Crippen LogP contribution < -0.4 is 5.73 Å². The van der Waals surface area contributed by atoms with Crippen molar-refractivity contribution in [3.05, 3.63) is 54.1 Å². The van der Waals surface area contributed by atoms with E-state index < -0.39 is 10.0 Å². The van der Waals surface area contributed by atoms with Gasteiger partial charge in [0.1, 0.15) is 0 Å². The molecular weight excluding hydrogens is 284 g/mol. The van der Waals surface area contributed by atoms with Gasteiger partial charge in [0.15, 0.2) is 0 Å². The van der Waals surface area contributed by atoms with E-state index in [1.165, 1.54) is 34.7 Å². The van der Waals surface area contributed by atoms with Gasteiger partial charge in [-0.1, -0.05) is 23.8 Å². The summed E-state index contributed by atoms with van der Waals surface area (Å²) in [6.45, 7) is 7.73. The van der Waals surface area contributed by atoms with E-state index in [2.05, 4.69) is 13.2 Å². The third-order valence-electron chi connectivity index (χ3n) is 2.54. The maximum atomic E-state index is 12.4. The van der Waals surface area contributed by atoms with Crippen LogP contribution in [-0.2, 0) is 16.6 Å². The molecule has 0 saturated heterocycles. The van der Waals surface area contributed by atoms with Crippen molar-refractivity contribution >= 4 is 21.6 Å². The molecule has 0 fully saturated rings. The minimum absolute atomic E-state index is 0.168. The van der Waals surface area contributed by atoms with Crippen molar-refractivity contribution in [3.8, 4) is 0 Å². The van der Waals surface area contributed by atoms with Crippen LogP contribution in [-0.4, -0.2) is 25.8 Å². The summed E-state index contributed by atoms with van der Waals surface area (Å²) in [6.07, 6.45) is 3.06. The van der Waals surface area contributed by atoms with Crippen LogP contribution in [0.15, 0.2) is 48.4 Å². The van der Waals surface area contributed by atoms with Crippen LogP contribution in [0.25, 0.3) is 0 Å². The van der Waals surface area contributed by atoms with Crippen molar-refractivity contribution in [2.75, 3.05) is 13.1 Å². The molecule has 1 rings (SSSR count). The molecule has 0 bridgehead atoms. The summed E-state index contributed by atoms with van der Waals surface area (Å²) in [5.41, 5.74) is 6.13. The lowest BCUT2D eigenvalue weighted by atomic mass is 10.2. The van der Waals surface area contributed by atoms with Crippen LogP contribution in [0.3, 0.4) is 0 Å². The highest BCUT2D eigenvalue weighted by Gasteiger charge is 2.23. The summed E-state index contributed by atoms with van der Waals surface area (Å²) in [6, 6.07) is 4.50. The molecule has 0 aliphatic rings. The summed E-state index contributed by atoms with van der Waals surface area (Å²) in [5, 5.41) is 0.459. The summed E-state index contributed by atoms with van der Waals surface area (Å²) < 4.78 is 26.2. The van der Waals surface area contributed by atoms with E-state index in [1.807, 2.05) is 0 Å². The molecule has 0 heterocycles. The fraction of sp³-hybridized carbons (Fsp3) is 0.231. The Labute approximate surface area is 119 Å². The molecule has 0 aliphatic carbocycles. The van der Waals surface area contributed by atoms with Crippen molar-refractivity contribution in [1.29, 1.82) is 0 Å². The van der Waals surface area contributed by atoms with Crippen LogP contribution in [0.4, 0.5) is 0 Å². The number of nitrogens with zero attached hydrogens (tertiary/aromatic N) is 1. The smallest absolute Gasteiger partial charge is 0.243 e. The van der Waals surface area contributed by atoms with Gasteiger partial charge in [-0.25, -0.2) is 8.42 Å². The average Bonchev–Trinajstić information content (AvgIpc) is 2.38. The highest BCUT2D eigenvalue weighted by molar-refractivity contribution is 7.89. The average molecular weight is 301 g/mol. The molecule has 0 aromatic heterocycles. The van der Waals surface area contributed by atoms with Crippen LogP contribution in [0.2, 0.25) is 5.02 Å². The monoisotopic (exact) mass is 300 g/mol. The number of rotatable bonds is 7.